The van der Waals surface area contributed by atoms with E-state index >= 15 is 0 Å². The van der Waals surface area contributed by atoms with E-state index in [0.717, 1.165) is 5.56 Å². The zero-order valence-corrected chi connectivity index (χ0v) is 28.2. The standard InChI is InChI=1S/C36H41NO11/c1-18(2)45-27-17-22-16-25(37-33(40)21-12-13-26(43-7)24(15-21)20-10-9-11-23(14-20)42-6)34(41)46-30(22)19(3)31(27)47-35-29(39)28(38)32(44-8)36(4,5)48-35/h9-18,28-29,32,35,38-39H,1-8H3,(H,37,40)/t28-,29+,32+,35+/m0/s1. The number of nitrogens with one attached hydrogen (secondary N) is 1. The highest BCUT2D eigenvalue weighted by Gasteiger charge is 2.50. The lowest BCUT2D eigenvalue weighted by Crippen LogP contribution is -2.63. The van der Waals surface area contributed by atoms with E-state index in [0.29, 0.717) is 28.0 Å². The summed E-state index contributed by atoms with van der Waals surface area (Å²) in [5.74, 6) is 1.09. The van der Waals surface area contributed by atoms with Gasteiger partial charge in [0.15, 0.2) is 11.5 Å². The molecule has 0 saturated carbocycles. The number of fused-ring (bicyclic) bond motifs is 1. The van der Waals surface area contributed by atoms with Gasteiger partial charge >= 0.3 is 5.63 Å². The summed E-state index contributed by atoms with van der Waals surface area (Å²) < 4.78 is 40.2. The van der Waals surface area contributed by atoms with Crippen LogP contribution in [0.3, 0.4) is 0 Å². The van der Waals surface area contributed by atoms with Gasteiger partial charge in [-0.1, -0.05) is 12.1 Å². The summed E-state index contributed by atoms with van der Waals surface area (Å²) in [5.41, 5.74) is 0.383. The van der Waals surface area contributed by atoms with E-state index in [2.05, 4.69) is 5.32 Å². The molecule has 3 N–H and O–H groups in total. The maximum Gasteiger partial charge on any atom is 0.360 e. The molecule has 256 valence electrons. The van der Waals surface area contributed by atoms with Gasteiger partial charge in [-0.25, -0.2) is 4.79 Å². The Hall–Kier alpha value is -4.62. The van der Waals surface area contributed by atoms with Crippen molar-refractivity contribution in [3.05, 3.63) is 76.1 Å². The van der Waals surface area contributed by atoms with E-state index in [1.807, 2.05) is 38.1 Å². The number of hydrogen-bond acceptors (Lipinski definition) is 11. The minimum Gasteiger partial charge on any atom is -0.497 e. The summed E-state index contributed by atoms with van der Waals surface area (Å²) in [6.07, 6.45) is -5.17. The van der Waals surface area contributed by atoms with Crippen LogP contribution in [0.2, 0.25) is 0 Å². The van der Waals surface area contributed by atoms with Crippen LogP contribution in [0.1, 0.15) is 43.6 Å². The molecular weight excluding hydrogens is 622 g/mol. The molecule has 4 atom stereocenters. The molecule has 2 heterocycles. The number of hydrogen-bond donors (Lipinski definition) is 3. The van der Waals surface area contributed by atoms with Crippen molar-refractivity contribution >= 4 is 22.6 Å². The molecule has 5 rings (SSSR count). The van der Waals surface area contributed by atoms with Crippen LogP contribution in [-0.4, -0.2) is 73.8 Å². The van der Waals surface area contributed by atoms with Gasteiger partial charge in [0.05, 0.1) is 25.9 Å². The Bertz CT molecular complexity index is 1870. The minimum atomic E-state index is -1.46. The number of ether oxygens (including phenoxy) is 6. The van der Waals surface area contributed by atoms with Crippen molar-refractivity contribution in [1.82, 2.24) is 0 Å². The third-order valence-electron chi connectivity index (χ3n) is 8.15. The fourth-order valence-electron chi connectivity index (χ4n) is 5.84. The highest BCUT2D eigenvalue weighted by atomic mass is 16.7. The van der Waals surface area contributed by atoms with Crippen LogP contribution in [0.5, 0.6) is 23.0 Å². The van der Waals surface area contributed by atoms with Crippen LogP contribution in [0.4, 0.5) is 5.69 Å². The Labute approximate surface area is 278 Å². The maximum absolute atomic E-state index is 13.4. The molecule has 12 nitrogen and oxygen atoms in total. The summed E-state index contributed by atoms with van der Waals surface area (Å²) in [4.78, 5) is 26.7. The van der Waals surface area contributed by atoms with Crippen molar-refractivity contribution < 1.29 is 47.8 Å². The third kappa shape index (κ3) is 6.83. The monoisotopic (exact) mass is 663 g/mol. The number of aliphatic hydroxyl groups excluding tert-OH is 2. The van der Waals surface area contributed by atoms with Crippen LogP contribution in [-0.2, 0) is 9.47 Å². The molecule has 1 amide bonds. The van der Waals surface area contributed by atoms with Crippen molar-refractivity contribution in [1.29, 1.82) is 0 Å². The molecular formula is C36H41NO11. The second-order valence-corrected chi connectivity index (χ2v) is 12.3. The van der Waals surface area contributed by atoms with Crippen molar-refractivity contribution in [2.45, 2.75) is 70.9 Å². The summed E-state index contributed by atoms with van der Waals surface area (Å²) in [6, 6.07) is 15.4. The fourth-order valence-corrected chi connectivity index (χ4v) is 5.84. The van der Waals surface area contributed by atoms with Gasteiger partial charge in [-0.2, -0.15) is 0 Å². The number of amides is 1. The molecule has 0 bridgehead atoms. The van der Waals surface area contributed by atoms with E-state index in [-0.39, 0.29) is 34.4 Å². The lowest BCUT2D eigenvalue weighted by atomic mass is 9.89. The topological polar surface area (TPSA) is 155 Å². The van der Waals surface area contributed by atoms with Gasteiger partial charge in [0.1, 0.15) is 41.1 Å². The van der Waals surface area contributed by atoms with Crippen LogP contribution in [0.15, 0.2) is 63.8 Å². The van der Waals surface area contributed by atoms with Gasteiger partial charge < -0.3 is 48.4 Å². The molecule has 1 aromatic heterocycles. The van der Waals surface area contributed by atoms with Crippen LogP contribution < -0.4 is 29.9 Å². The average molecular weight is 664 g/mol. The summed E-state index contributed by atoms with van der Waals surface area (Å²) >= 11 is 0. The Morgan fingerprint density at radius 2 is 1.71 bits per heavy atom. The first kappa shape index (κ1) is 34.7. The zero-order valence-electron chi connectivity index (χ0n) is 28.2. The molecule has 0 radical (unpaired) electrons. The van der Waals surface area contributed by atoms with E-state index in [4.69, 9.17) is 32.8 Å². The van der Waals surface area contributed by atoms with E-state index in [1.165, 1.54) is 13.2 Å². The average Bonchev–Trinajstić information content (AvgIpc) is 3.05. The SMILES string of the molecule is COc1cccc(-c2cc(C(=O)Nc3cc4cc(OC(C)C)c(O[C@@H]5OC(C)(C)[C@H](OC)[C@@H](O)[C@H]5O)c(C)c4oc3=O)ccc2OC)c1. The summed E-state index contributed by atoms with van der Waals surface area (Å²) in [6.45, 7) is 8.75. The number of aliphatic hydroxyl groups is 2. The number of carbonyl (C=O) groups is 1. The summed E-state index contributed by atoms with van der Waals surface area (Å²) in [5, 5.41) is 24.7. The van der Waals surface area contributed by atoms with Crippen LogP contribution in [0.25, 0.3) is 22.1 Å². The lowest BCUT2D eigenvalue weighted by Gasteiger charge is -2.46. The number of carbonyl (C=O) groups excluding carboxylic acids is 1. The van der Waals surface area contributed by atoms with E-state index in [9.17, 15) is 19.8 Å². The molecule has 0 aliphatic carbocycles. The summed E-state index contributed by atoms with van der Waals surface area (Å²) in [7, 11) is 4.53. The maximum atomic E-state index is 13.4. The number of benzene rings is 3. The molecule has 3 aromatic carbocycles. The Morgan fingerprint density at radius 3 is 2.38 bits per heavy atom. The van der Waals surface area contributed by atoms with Crippen LogP contribution >= 0.6 is 0 Å². The zero-order chi connectivity index (χ0) is 34.9. The predicted molar refractivity (Wildman–Crippen MR) is 178 cm³/mol. The smallest absolute Gasteiger partial charge is 0.360 e. The Morgan fingerprint density at radius 1 is 0.958 bits per heavy atom. The van der Waals surface area contributed by atoms with Crippen molar-refractivity contribution in [3.63, 3.8) is 0 Å². The van der Waals surface area contributed by atoms with Gasteiger partial charge in [0.25, 0.3) is 5.91 Å². The molecule has 48 heavy (non-hydrogen) atoms. The van der Waals surface area contributed by atoms with Gasteiger partial charge in [0, 0.05) is 29.2 Å². The van der Waals surface area contributed by atoms with Crippen LogP contribution in [0, 0.1) is 6.92 Å². The van der Waals surface area contributed by atoms with Crippen molar-refractivity contribution in [2.24, 2.45) is 0 Å². The first-order chi connectivity index (χ1) is 22.8. The molecule has 1 saturated heterocycles. The molecule has 4 aromatic rings. The second kappa shape index (κ2) is 13.9. The molecule has 1 aliphatic heterocycles. The van der Waals surface area contributed by atoms with Gasteiger partial charge in [0.2, 0.25) is 6.29 Å². The Kier molecular flexibility index (Phi) is 10.0. The first-order valence-corrected chi connectivity index (χ1v) is 15.4. The third-order valence-corrected chi connectivity index (χ3v) is 8.15. The number of rotatable bonds is 10. The van der Waals surface area contributed by atoms with Gasteiger partial charge in [-0.3, -0.25) is 4.79 Å². The van der Waals surface area contributed by atoms with Gasteiger partial charge in [-0.15, -0.1) is 0 Å². The normalized spacial score (nSPS) is 20.4. The van der Waals surface area contributed by atoms with E-state index in [1.54, 1.807) is 59.3 Å². The molecule has 0 spiro atoms. The van der Waals surface area contributed by atoms with Crippen molar-refractivity contribution in [2.75, 3.05) is 26.6 Å². The molecule has 0 unspecified atom stereocenters. The second-order valence-electron chi connectivity index (χ2n) is 12.3. The molecule has 1 fully saturated rings. The Balaban J connectivity index is 1.49. The highest BCUT2D eigenvalue weighted by Crippen LogP contribution is 2.41. The number of anilines is 1. The van der Waals surface area contributed by atoms with E-state index < -0.39 is 41.7 Å². The number of aryl methyl sites for hydroxylation is 1. The molecule has 1 aliphatic rings. The van der Waals surface area contributed by atoms with Crippen molar-refractivity contribution in [3.8, 4) is 34.1 Å². The highest BCUT2D eigenvalue weighted by molar-refractivity contribution is 6.06. The van der Waals surface area contributed by atoms with Gasteiger partial charge in [-0.05, 0) is 82.6 Å². The number of methoxy groups -OCH3 is 3. The predicted octanol–water partition coefficient (Wildman–Crippen LogP) is 5.08. The lowest BCUT2D eigenvalue weighted by molar-refractivity contribution is -0.306. The largest absolute Gasteiger partial charge is 0.497 e. The fraction of sp³-hybridized carbons (Fsp3) is 0.389. The molecule has 12 heteroatoms. The first-order valence-electron chi connectivity index (χ1n) is 15.4. The minimum absolute atomic E-state index is 0.0867. The quantitative estimate of drug-likeness (QED) is 0.195.